The zero-order valence-corrected chi connectivity index (χ0v) is 9.36. The number of benzene rings is 1. The van der Waals surface area contributed by atoms with Gasteiger partial charge in [-0.2, -0.15) is 0 Å². The van der Waals surface area contributed by atoms with E-state index in [1.54, 1.807) is 0 Å². The Morgan fingerprint density at radius 3 is 2.76 bits per heavy atom. The van der Waals surface area contributed by atoms with Crippen molar-refractivity contribution < 1.29 is 13.9 Å². The summed E-state index contributed by atoms with van der Waals surface area (Å²) in [5, 5.41) is 0. The van der Waals surface area contributed by atoms with Crippen LogP contribution in [0.2, 0.25) is 0 Å². The lowest BCUT2D eigenvalue weighted by molar-refractivity contribution is 0.0987. The van der Waals surface area contributed by atoms with Crippen LogP contribution in [0.4, 0.5) is 4.39 Å². The molecule has 0 saturated heterocycles. The van der Waals surface area contributed by atoms with Crippen LogP contribution in [0, 0.1) is 5.82 Å². The van der Waals surface area contributed by atoms with Crippen LogP contribution >= 0.6 is 0 Å². The highest BCUT2D eigenvalue weighted by Gasteiger charge is 2.27. The van der Waals surface area contributed by atoms with E-state index in [9.17, 15) is 9.18 Å². The molecule has 0 aromatic heterocycles. The second-order valence-corrected chi connectivity index (χ2v) is 4.23. The Balaban J connectivity index is 2.26. The zero-order valence-electron chi connectivity index (χ0n) is 9.36. The molecule has 1 fully saturated rings. The highest BCUT2D eigenvalue weighted by atomic mass is 19.1. The third-order valence-electron chi connectivity index (χ3n) is 3.00. The van der Waals surface area contributed by atoms with Crippen molar-refractivity contribution in [2.75, 3.05) is 0 Å². The van der Waals surface area contributed by atoms with Gasteiger partial charge in [-0.3, -0.25) is 4.79 Å². The van der Waals surface area contributed by atoms with E-state index in [4.69, 9.17) is 16.2 Å². The van der Waals surface area contributed by atoms with Gasteiger partial charge in [0.2, 0.25) is 0 Å². The van der Waals surface area contributed by atoms with Gasteiger partial charge in [0.05, 0.1) is 0 Å². The quantitative estimate of drug-likeness (QED) is 0.830. The van der Waals surface area contributed by atoms with Gasteiger partial charge in [0, 0.05) is 6.04 Å². The van der Waals surface area contributed by atoms with Crippen molar-refractivity contribution in [2.45, 2.75) is 31.4 Å². The van der Waals surface area contributed by atoms with E-state index < -0.39 is 11.7 Å². The Morgan fingerprint density at radius 1 is 1.41 bits per heavy atom. The maximum Gasteiger partial charge on any atom is 0.255 e. The van der Waals surface area contributed by atoms with Crippen LogP contribution in [0.25, 0.3) is 0 Å². The summed E-state index contributed by atoms with van der Waals surface area (Å²) in [4.78, 5) is 11.2. The largest absolute Gasteiger partial charge is 0.488 e. The smallest absolute Gasteiger partial charge is 0.255 e. The molecule has 0 aliphatic heterocycles. The topological polar surface area (TPSA) is 78.3 Å². The summed E-state index contributed by atoms with van der Waals surface area (Å²) < 4.78 is 19.1. The van der Waals surface area contributed by atoms with E-state index in [-0.39, 0.29) is 23.5 Å². The van der Waals surface area contributed by atoms with Gasteiger partial charge >= 0.3 is 0 Å². The Hall–Kier alpha value is -1.62. The molecule has 4 N–H and O–H groups in total. The minimum absolute atomic E-state index is 0.0704. The lowest BCUT2D eigenvalue weighted by Gasteiger charge is -2.19. The molecule has 2 unspecified atom stereocenters. The van der Waals surface area contributed by atoms with Crippen LogP contribution in [0.15, 0.2) is 18.2 Å². The molecule has 1 aliphatic carbocycles. The summed E-state index contributed by atoms with van der Waals surface area (Å²) in [6.07, 6.45) is 2.50. The molecule has 0 spiro atoms. The molecule has 4 nitrogen and oxygen atoms in total. The molecule has 5 heteroatoms. The van der Waals surface area contributed by atoms with Crippen LogP contribution in [0.1, 0.15) is 29.6 Å². The van der Waals surface area contributed by atoms with E-state index in [2.05, 4.69) is 0 Å². The molecule has 1 amide bonds. The highest BCUT2D eigenvalue weighted by Crippen LogP contribution is 2.27. The fraction of sp³-hybridized carbons (Fsp3) is 0.417. The molecule has 0 heterocycles. The first-order chi connectivity index (χ1) is 8.09. The van der Waals surface area contributed by atoms with Crippen molar-refractivity contribution in [1.29, 1.82) is 0 Å². The maximum absolute atomic E-state index is 13.5. The predicted molar refractivity (Wildman–Crippen MR) is 61.2 cm³/mol. The zero-order chi connectivity index (χ0) is 12.4. The number of rotatable bonds is 3. The van der Waals surface area contributed by atoms with Gasteiger partial charge in [-0.05, 0) is 31.4 Å². The van der Waals surface area contributed by atoms with Gasteiger partial charge in [0.1, 0.15) is 23.2 Å². The number of primary amides is 1. The molecule has 92 valence electrons. The van der Waals surface area contributed by atoms with Crippen LogP contribution in [0.3, 0.4) is 0 Å². The van der Waals surface area contributed by atoms with Crippen molar-refractivity contribution in [3.63, 3.8) is 0 Å². The molecule has 1 saturated carbocycles. The van der Waals surface area contributed by atoms with Crippen LogP contribution in [-0.4, -0.2) is 18.1 Å². The third kappa shape index (κ3) is 2.39. The van der Waals surface area contributed by atoms with Gasteiger partial charge in [0.15, 0.2) is 0 Å². The molecular formula is C12H15FN2O2. The van der Waals surface area contributed by atoms with Crippen LogP contribution in [-0.2, 0) is 0 Å². The molecule has 2 rings (SSSR count). The normalized spacial score (nSPS) is 23.6. The summed E-state index contributed by atoms with van der Waals surface area (Å²) in [6.45, 7) is 0. The number of carbonyl (C=O) groups is 1. The second-order valence-electron chi connectivity index (χ2n) is 4.23. The van der Waals surface area contributed by atoms with Crippen molar-refractivity contribution >= 4 is 5.91 Å². The fourth-order valence-electron chi connectivity index (χ4n) is 2.11. The first-order valence-electron chi connectivity index (χ1n) is 5.60. The lowest BCUT2D eigenvalue weighted by atomic mass is 10.1. The Bertz CT molecular complexity index is 437. The maximum atomic E-state index is 13.5. The first-order valence-corrected chi connectivity index (χ1v) is 5.60. The monoisotopic (exact) mass is 238 g/mol. The van der Waals surface area contributed by atoms with Gasteiger partial charge in [0.25, 0.3) is 5.91 Å². The number of amides is 1. The molecular weight excluding hydrogens is 223 g/mol. The Kier molecular flexibility index (Phi) is 3.28. The van der Waals surface area contributed by atoms with Crippen molar-refractivity contribution in [3.8, 4) is 5.75 Å². The number of halogens is 1. The summed E-state index contributed by atoms with van der Waals surface area (Å²) in [5.41, 5.74) is 10.8. The van der Waals surface area contributed by atoms with Crippen LogP contribution < -0.4 is 16.2 Å². The summed E-state index contributed by atoms with van der Waals surface area (Å²) in [7, 11) is 0. The fourth-order valence-corrected chi connectivity index (χ4v) is 2.11. The van der Waals surface area contributed by atoms with E-state index in [0.29, 0.717) is 0 Å². The van der Waals surface area contributed by atoms with E-state index in [1.807, 2.05) is 0 Å². The van der Waals surface area contributed by atoms with Gasteiger partial charge < -0.3 is 16.2 Å². The molecule has 1 aromatic carbocycles. The molecule has 1 aromatic rings. The van der Waals surface area contributed by atoms with E-state index in [0.717, 1.165) is 19.3 Å². The summed E-state index contributed by atoms with van der Waals surface area (Å²) in [6, 6.07) is 4.13. The van der Waals surface area contributed by atoms with Crippen LogP contribution in [0.5, 0.6) is 5.75 Å². The molecule has 0 radical (unpaired) electrons. The van der Waals surface area contributed by atoms with Gasteiger partial charge in [-0.25, -0.2) is 4.39 Å². The summed E-state index contributed by atoms with van der Waals surface area (Å²) >= 11 is 0. The Morgan fingerprint density at radius 2 is 2.18 bits per heavy atom. The Labute approximate surface area is 98.7 Å². The number of carbonyl (C=O) groups excluding carboxylic acids is 1. The molecule has 1 aliphatic rings. The number of hydrogen-bond donors (Lipinski definition) is 2. The van der Waals surface area contributed by atoms with Crippen molar-refractivity contribution in [2.24, 2.45) is 11.5 Å². The molecule has 2 atom stereocenters. The standard InChI is InChI=1S/C12H15FN2O2/c13-7-3-1-6-10(11(7)12(15)16)17-9-5-2-4-8(9)14/h1,3,6,8-9H,2,4-5,14H2,(H2,15,16). The van der Waals surface area contributed by atoms with Gasteiger partial charge in [-0.1, -0.05) is 6.07 Å². The molecule has 0 bridgehead atoms. The average Bonchev–Trinajstić information content (AvgIpc) is 2.64. The number of hydrogen-bond acceptors (Lipinski definition) is 3. The minimum Gasteiger partial charge on any atom is -0.488 e. The lowest BCUT2D eigenvalue weighted by Crippen LogP contribution is -2.34. The van der Waals surface area contributed by atoms with Gasteiger partial charge in [-0.15, -0.1) is 0 Å². The SMILES string of the molecule is NC(=O)c1c(F)cccc1OC1CCCC1N. The minimum atomic E-state index is -0.829. The number of ether oxygens (including phenoxy) is 1. The average molecular weight is 238 g/mol. The van der Waals surface area contributed by atoms with E-state index in [1.165, 1.54) is 18.2 Å². The number of nitrogens with two attached hydrogens (primary N) is 2. The van der Waals surface area contributed by atoms with Crippen molar-refractivity contribution in [1.82, 2.24) is 0 Å². The van der Waals surface area contributed by atoms with Crippen molar-refractivity contribution in [3.05, 3.63) is 29.6 Å². The van der Waals surface area contributed by atoms with E-state index >= 15 is 0 Å². The second kappa shape index (κ2) is 4.71. The highest BCUT2D eigenvalue weighted by molar-refractivity contribution is 5.95. The molecule has 17 heavy (non-hydrogen) atoms. The predicted octanol–water partition coefficient (Wildman–Crippen LogP) is 1.18. The summed E-state index contributed by atoms with van der Waals surface area (Å²) in [5.74, 6) is -1.31. The first kappa shape index (κ1) is 11.9. The third-order valence-corrected chi connectivity index (χ3v) is 3.00.